The molecule has 0 aliphatic heterocycles. The Morgan fingerprint density at radius 2 is 2.11 bits per heavy atom. The van der Waals surface area contributed by atoms with E-state index in [4.69, 9.17) is 15.9 Å². The van der Waals surface area contributed by atoms with Crippen molar-refractivity contribution < 1.29 is 9.47 Å². The predicted molar refractivity (Wildman–Crippen MR) is 107 cm³/mol. The van der Waals surface area contributed by atoms with Crippen molar-refractivity contribution in [2.75, 3.05) is 13.7 Å². The molecule has 136 valence electrons. The lowest BCUT2D eigenvalue weighted by atomic mass is 10.2. The van der Waals surface area contributed by atoms with Gasteiger partial charge in [0.05, 0.1) is 28.7 Å². The maximum Gasteiger partial charge on any atom is 0.349 e. The second kappa shape index (κ2) is 7.93. The van der Waals surface area contributed by atoms with Crippen LogP contribution in [0.3, 0.4) is 0 Å². The number of hydrogen-bond donors (Lipinski definition) is 1. The molecular formula is C19H14BrN3O4. The molecule has 1 aromatic heterocycles. The monoisotopic (exact) mass is 427 g/mol. The lowest BCUT2D eigenvalue weighted by molar-refractivity contribution is 0.329. The molecular weight excluding hydrogens is 414 g/mol. The highest BCUT2D eigenvalue weighted by Crippen LogP contribution is 2.36. The van der Waals surface area contributed by atoms with Crippen molar-refractivity contribution in [2.45, 2.75) is 0 Å². The van der Waals surface area contributed by atoms with Gasteiger partial charge in [-0.05, 0) is 45.8 Å². The Kier molecular flexibility index (Phi) is 5.43. The van der Waals surface area contributed by atoms with Gasteiger partial charge in [0.2, 0.25) is 0 Å². The van der Waals surface area contributed by atoms with Gasteiger partial charge in [-0.25, -0.2) is 4.79 Å². The van der Waals surface area contributed by atoms with E-state index in [9.17, 15) is 9.59 Å². The number of halogens is 1. The Hall–Kier alpha value is -3.31. The van der Waals surface area contributed by atoms with Crippen LogP contribution in [-0.4, -0.2) is 29.6 Å². The maximum atomic E-state index is 12.5. The second-order valence-electron chi connectivity index (χ2n) is 5.36. The van der Waals surface area contributed by atoms with Crippen molar-refractivity contribution in [3.8, 4) is 23.8 Å². The number of para-hydroxylation sites is 1. The molecule has 3 rings (SSSR count). The average molecular weight is 428 g/mol. The fourth-order valence-corrected chi connectivity index (χ4v) is 3.02. The molecule has 0 radical (unpaired) electrons. The third-order valence-electron chi connectivity index (χ3n) is 3.66. The Morgan fingerprint density at radius 1 is 1.33 bits per heavy atom. The van der Waals surface area contributed by atoms with Crippen LogP contribution in [0.1, 0.15) is 5.56 Å². The van der Waals surface area contributed by atoms with Gasteiger partial charge in [0.25, 0.3) is 5.56 Å². The molecule has 0 saturated carbocycles. The van der Waals surface area contributed by atoms with Crippen LogP contribution >= 0.6 is 15.9 Å². The van der Waals surface area contributed by atoms with Crippen molar-refractivity contribution in [1.82, 2.24) is 9.66 Å². The van der Waals surface area contributed by atoms with Gasteiger partial charge in [-0.2, -0.15) is 5.10 Å². The van der Waals surface area contributed by atoms with Crippen molar-refractivity contribution in [3.05, 3.63) is 67.3 Å². The van der Waals surface area contributed by atoms with Crippen LogP contribution in [0.4, 0.5) is 0 Å². The van der Waals surface area contributed by atoms with Crippen molar-refractivity contribution in [3.63, 3.8) is 0 Å². The molecule has 2 aromatic carbocycles. The molecule has 0 saturated heterocycles. The van der Waals surface area contributed by atoms with Crippen molar-refractivity contribution in [1.29, 1.82) is 0 Å². The smallest absolute Gasteiger partial charge is 0.349 e. The first-order chi connectivity index (χ1) is 13.0. The number of H-pyrrole nitrogens is 1. The minimum absolute atomic E-state index is 0.0876. The summed E-state index contributed by atoms with van der Waals surface area (Å²) < 4.78 is 12.1. The summed E-state index contributed by atoms with van der Waals surface area (Å²) in [4.78, 5) is 27.3. The number of benzene rings is 2. The highest BCUT2D eigenvalue weighted by molar-refractivity contribution is 9.10. The number of methoxy groups -OCH3 is 1. The van der Waals surface area contributed by atoms with Crippen molar-refractivity contribution >= 4 is 33.0 Å². The van der Waals surface area contributed by atoms with Gasteiger partial charge in [-0.15, -0.1) is 11.1 Å². The van der Waals surface area contributed by atoms with E-state index in [-0.39, 0.29) is 6.61 Å². The van der Waals surface area contributed by atoms with Gasteiger partial charge in [-0.3, -0.25) is 4.79 Å². The van der Waals surface area contributed by atoms with E-state index < -0.39 is 11.2 Å². The van der Waals surface area contributed by atoms with E-state index in [0.29, 0.717) is 32.4 Å². The molecule has 1 heterocycles. The van der Waals surface area contributed by atoms with Crippen LogP contribution in [0.25, 0.3) is 10.9 Å². The van der Waals surface area contributed by atoms with Gasteiger partial charge in [0.15, 0.2) is 11.5 Å². The van der Waals surface area contributed by atoms with Gasteiger partial charge in [-0.1, -0.05) is 18.1 Å². The Labute approximate surface area is 162 Å². The number of nitrogens with zero attached hydrogens (tertiary/aromatic N) is 2. The molecule has 0 spiro atoms. The molecule has 0 aliphatic rings. The van der Waals surface area contributed by atoms with Gasteiger partial charge in [0, 0.05) is 0 Å². The van der Waals surface area contributed by atoms with Crippen LogP contribution in [-0.2, 0) is 0 Å². The lowest BCUT2D eigenvalue weighted by Crippen LogP contribution is -2.32. The number of fused-ring (bicyclic) bond motifs is 1. The summed E-state index contributed by atoms with van der Waals surface area (Å²) in [5.74, 6) is 3.27. The van der Waals surface area contributed by atoms with E-state index in [1.54, 1.807) is 36.4 Å². The first-order valence-corrected chi connectivity index (χ1v) is 8.56. The largest absolute Gasteiger partial charge is 0.493 e. The zero-order chi connectivity index (χ0) is 19.4. The molecule has 8 heteroatoms. The maximum absolute atomic E-state index is 12.5. The number of aromatic nitrogens is 2. The van der Waals surface area contributed by atoms with E-state index in [1.807, 2.05) is 0 Å². The van der Waals surface area contributed by atoms with E-state index in [1.165, 1.54) is 13.3 Å². The second-order valence-corrected chi connectivity index (χ2v) is 6.22. The summed E-state index contributed by atoms with van der Waals surface area (Å²) in [6, 6.07) is 10.1. The van der Waals surface area contributed by atoms with Gasteiger partial charge in [0.1, 0.15) is 6.61 Å². The average Bonchev–Trinajstić information content (AvgIpc) is 2.66. The van der Waals surface area contributed by atoms with Crippen molar-refractivity contribution in [2.24, 2.45) is 5.10 Å². The minimum Gasteiger partial charge on any atom is -0.493 e. The molecule has 1 N–H and O–H groups in total. The van der Waals surface area contributed by atoms with Crippen LogP contribution in [0.5, 0.6) is 11.5 Å². The molecule has 7 nitrogen and oxygen atoms in total. The minimum atomic E-state index is -0.630. The van der Waals surface area contributed by atoms with E-state index in [0.717, 1.165) is 4.68 Å². The quantitative estimate of drug-likeness (QED) is 0.500. The van der Waals surface area contributed by atoms with Crippen LogP contribution in [0.15, 0.2) is 55.6 Å². The van der Waals surface area contributed by atoms with E-state index >= 15 is 0 Å². The van der Waals surface area contributed by atoms with Gasteiger partial charge >= 0.3 is 5.69 Å². The third-order valence-corrected chi connectivity index (χ3v) is 4.25. The first kappa shape index (κ1) is 18.5. The fraction of sp³-hybridized carbons (Fsp3) is 0.105. The third kappa shape index (κ3) is 3.78. The standard InChI is InChI=1S/C19H14BrN3O4/c1-3-8-27-17-14(20)9-12(10-16(17)26-2)11-21-23-18(24)13-6-4-5-7-15(13)22-19(23)25/h1,4-7,9-11H,8H2,2H3,(H,22,25). The number of rotatable bonds is 5. The van der Waals surface area contributed by atoms with Crippen LogP contribution in [0, 0.1) is 12.3 Å². The predicted octanol–water partition coefficient (Wildman–Crippen LogP) is 2.36. The first-order valence-electron chi connectivity index (χ1n) is 7.77. The highest BCUT2D eigenvalue weighted by atomic mass is 79.9. The Bertz CT molecular complexity index is 1190. The number of terminal acetylenes is 1. The number of aromatic amines is 1. The SMILES string of the molecule is C#CCOc1c(Br)cc(C=Nn2c(=O)[nH]c3ccccc3c2=O)cc1OC. The lowest BCUT2D eigenvalue weighted by Gasteiger charge is -2.11. The molecule has 0 unspecified atom stereocenters. The molecule has 27 heavy (non-hydrogen) atoms. The summed E-state index contributed by atoms with van der Waals surface area (Å²) in [7, 11) is 1.49. The highest BCUT2D eigenvalue weighted by Gasteiger charge is 2.11. The van der Waals surface area contributed by atoms with Gasteiger partial charge < -0.3 is 14.5 Å². The number of ether oxygens (including phenoxy) is 2. The molecule has 0 aliphatic carbocycles. The molecule has 0 bridgehead atoms. The zero-order valence-corrected chi connectivity index (χ0v) is 15.8. The molecule has 0 amide bonds. The summed E-state index contributed by atoms with van der Waals surface area (Å²) in [5.41, 5.74) is -0.0924. The summed E-state index contributed by atoms with van der Waals surface area (Å²) in [6.07, 6.45) is 6.59. The summed E-state index contributed by atoms with van der Waals surface area (Å²) >= 11 is 3.39. The van der Waals surface area contributed by atoms with Crippen LogP contribution in [0.2, 0.25) is 0 Å². The molecule has 0 atom stereocenters. The normalized spacial score (nSPS) is 10.9. The molecule has 0 fully saturated rings. The summed E-state index contributed by atoms with van der Waals surface area (Å²) in [5, 5.41) is 4.39. The van der Waals surface area contributed by atoms with E-state index in [2.05, 4.69) is 31.9 Å². The topological polar surface area (TPSA) is 85.7 Å². The zero-order valence-electron chi connectivity index (χ0n) is 14.2. The summed E-state index contributed by atoms with van der Waals surface area (Å²) in [6.45, 7) is 0.0876. The molecule has 3 aromatic rings. The Morgan fingerprint density at radius 3 is 2.85 bits per heavy atom. The van der Waals surface area contributed by atoms with Crippen LogP contribution < -0.4 is 20.7 Å². The number of nitrogens with one attached hydrogen (secondary N) is 1. The number of hydrogen-bond acceptors (Lipinski definition) is 5. The Balaban J connectivity index is 2.03. The fourth-order valence-electron chi connectivity index (χ4n) is 2.45.